The van der Waals surface area contributed by atoms with Crippen LogP contribution >= 0.6 is 7.92 Å². The van der Waals surface area contributed by atoms with Crippen LogP contribution in [-0.2, 0) is 0 Å². The zero-order valence-electron chi connectivity index (χ0n) is 18.7. The molecule has 1 atom stereocenters. The lowest BCUT2D eigenvalue weighted by molar-refractivity contribution is 1.70. The van der Waals surface area contributed by atoms with Crippen molar-refractivity contribution in [3.63, 3.8) is 0 Å². The summed E-state index contributed by atoms with van der Waals surface area (Å²) in [7, 11) is -0.865. The molecule has 0 aliphatic heterocycles. The van der Waals surface area contributed by atoms with E-state index in [0.29, 0.717) is 0 Å². The Kier molecular flexibility index (Phi) is 5.34. The third-order valence-electron chi connectivity index (χ3n) is 6.40. The average molecular weight is 454 g/mol. The second kappa shape index (κ2) is 8.78. The van der Waals surface area contributed by atoms with Gasteiger partial charge in [0.2, 0.25) is 0 Å². The minimum Gasteiger partial charge on any atom is -0.398 e. The Morgan fingerprint density at radius 2 is 1.06 bits per heavy atom. The topological polar surface area (TPSA) is 26.0 Å². The van der Waals surface area contributed by atoms with Gasteiger partial charge < -0.3 is 5.73 Å². The van der Waals surface area contributed by atoms with Crippen molar-refractivity contribution < 1.29 is 0 Å². The molecule has 0 saturated carbocycles. The van der Waals surface area contributed by atoms with Crippen LogP contribution in [0.4, 0.5) is 5.69 Å². The van der Waals surface area contributed by atoms with Gasteiger partial charge in [-0.15, -0.1) is 0 Å². The first kappa shape index (κ1) is 20.7. The van der Waals surface area contributed by atoms with E-state index in [0.717, 1.165) is 5.69 Å². The molecule has 0 saturated heterocycles. The standard InChI is InChI=1S/C32H24NP/c33-29-19-8-9-20-30(29)34(25-14-2-1-3-15-25)31-22-21-24-12-5-7-17-27(24)32(31)28-18-10-13-23-11-4-6-16-26(23)28/h1-22H,33H2. The summed E-state index contributed by atoms with van der Waals surface area (Å²) >= 11 is 0. The monoisotopic (exact) mass is 453 g/mol. The summed E-state index contributed by atoms with van der Waals surface area (Å²) in [5.74, 6) is 0. The number of nitrogen functional groups attached to an aromatic ring is 1. The van der Waals surface area contributed by atoms with E-state index in [1.807, 2.05) is 12.1 Å². The van der Waals surface area contributed by atoms with E-state index in [2.05, 4.69) is 121 Å². The number of benzene rings is 6. The Morgan fingerprint density at radius 3 is 1.85 bits per heavy atom. The fourth-order valence-electron chi connectivity index (χ4n) is 4.85. The highest BCUT2D eigenvalue weighted by Crippen LogP contribution is 2.42. The molecule has 6 rings (SSSR count). The quantitative estimate of drug-likeness (QED) is 0.226. The lowest BCUT2D eigenvalue weighted by Gasteiger charge is -2.25. The van der Waals surface area contributed by atoms with E-state index in [-0.39, 0.29) is 0 Å². The van der Waals surface area contributed by atoms with Gasteiger partial charge in [0, 0.05) is 11.0 Å². The third-order valence-corrected chi connectivity index (χ3v) is 8.96. The van der Waals surface area contributed by atoms with Crippen molar-refractivity contribution in [1.29, 1.82) is 0 Å². The highest BCUT2D eigenvalue weighted by Gasteiger charge is 2.24. The van der Waals surface area contributed by atoms with Crippen molar-refractivity contribution in [2.45, 2.75) is 0 Å². The van der Waals surface area contributed by atoms with E-state index in [4.69, 9.17) is 5.73 Å². The molecule has 2 N–H and O–H groups in total. The minimum absolute atomic E-state index is 0.842. The van der Waals surface area contributed by atoms with Gasteiger partial charge in [-0.3, -0.25) is 0 Å². The zero-order chi connectivity index (χ0) is 22.9. The number of para-hydroxylation sites is 1. The number of hydrogen-bond donors (Lipinski definition) is 1. The Balaban J connectivity index is 1.75. The lowest BCUT2D eigenvalue weighted by Crippen LogP contribution is -2.24. The molecular weight excluding hydrogens is 429 g/mol. The van der Waals surface area contributed by atoms with Gasteiger partial charge in [0.15, 0.2) is 0 Å². The second-order valence-corrected chi connectivity index (χ2v) is 10.6. The van der Waals surface area contributed by atoms with Crippen molar-refractivity contribution >= 4 is 51.1 Å². The van der Waals surface area contributed by atoms with Gasteiger partial charge in [0.05, 0.1) is 0 Å². The maximum Gasteiger partial charge on any atom is 0.0398 e. The average Bonchev–Trinajstić information content (AvgIpc) is 2.90. The number of nitrogens with two attached hydrogens (primary N) is 1. The number of fused-ring (bicyclic) bond motifs is 2. The van der Waals surface area contributed by atoms with Gasteiger partial charge in [-0.05, 0) is 57.3 Å². The van der Waals surface area contributed by atoms with Gasteiger partial charge in [0.25, 0.3) is 0 Å². The highest BCUT2D eigenvalue weighted by molar-refractivity contribution is 7.80. The Labute approximate surface area is 201 Å². The van der Waals surface area contributed by atoms with E-state index in [1.54, 1.807) is 0 Å². The van der Waals surface area contributed by atoms with Gasteiger partial charge in [-0.2, -0.15) is 0 Å². The fourth-order valence-corrected chi connectivity index (χ4v) is 7.39. The molecule has 0 fully saturated rings. The normalized spacial score (nSPS) is 12.1. The zero-order valence-corrected chi connectivity index (χ0v) is 19.6. The summed E-state index contributed by atoms with van der Waals surface area (Å²) in [4.78, 5) is 0. The molecule has 0 radical (unpaired) electrons. The van der Waals surface area contributed by atoms with Gasteiger partial charge in [0.1, 0.15) is 0 Å². The van der Waals surface area contributed by atoms with Crippen LogP contribution < -0.4 is 21.6 Å². The third kappa shape index (κ3) is 3.55. The summed E-state index contributed by atoms with van der Waals surface area (Å²) in [6.45, 7) is 0. The first-order valence-electron chi connectivity index (χ1n) is 11.5. The summed E-state index contributed by atoms with van der Waals surface area (Å²) in [6, 6.07) is 47.7. The Bertz CT molecular complexity index is 1620. The van der Waals surface area contributed by atoms with E-state index >= 15 is 0 Å². The summed E-state index contributed by atoms with van der Waals surface area (Å²) < 4.78 is 0. The highest BCUT2D eigenvalue weighted by atomic mass is 31.1. The van der Waals surface area contributed by atoms with E-state index in [9.17, 15) is 0 Å². The van der Waals surface area contributed by atoms with Crippen molar-refractivity contribution in [1.82, 2.24) is 0 Å². The van der Waals surface area contributed by atoms with E-state index < -0.39 is 7.92 Å². The van der Waals surface area contributed by atoms with Crippen LogP contribution in [0.2, 0.25) is 0 Å². The molecule has 0 aliphatic rings. The summed E-state index contributed by atoms with van der Waals surface area (Å²) in [5, 5.41) is 8.86. The number of anilines is 1. The molecule has 0 bridgehead atoms. The molecule has 0 heterocycles. The molecule has 1 nitrogen and oxygen atoms in total. The Morgan fingerprint density at radius 1 is 0.441 bits per heavy atom. The first-order chi connectivity index (χ1) is 16.8. The van der Waals surface area contributed by atoms with Crippen molar-refractivity contribution in [2.75, 3.05) is 5.73 Å². The second-order valence-electron chi connectivity index (χ2n) is 8.44. The lowest BCUT2D eigenvalue weighted by atomic mass is 9.94. The van der Waals surface area contributed by atoms with Gasteiger partial charge in [-0.25, -0.2) is 0 Å². The largest absolute Gasteiger partial charge is 0.398 e. The molecule has 2 heteroatoms. The van der Waals surface area contributed by atoms with Gasteiger partial charge >= 0.3 is 0 Å². The minimum atomic E-state index is -0.865. The predicted molar refractivity (Wildman–Crippen MR) is 150 cm³/mol. The van der Waals surface area contributed by atoms with Crippen molar-refractivity contribution in [3.05, 3.63) is 133 Å². The van der Waals surface area contributed by atoms with E-state index in [1.165, 1.54) is 48.6 Å². The molecule has 0 aliphatic carbocycles. The molecular formula is C32H24NP. The van der Waals surface area contributed by atoms with Crippen LogP contribution in [0.15, 0.2) is 133 Å². The van der Waals surface area contributed by atoms with Crippen LogP contribution in [0.1, 0.15) is 0 Å². The molecule has 34 heavy (non-hydrogen) atoms. The maximum atomic E-state index is 6.60. The van der Waals surface area contributed by atoms with Crippen LogP contribution in [0, 0.1) is 0 Å². The number of hydrogen-bond acceptors (Lipinski definition) is 1. The maximum absolute atomic E-state index is 6.60. The Hall–Kier alpha value is -3.93. The molecule has 6 aromatic carbocycles. The molecule has 0 amide bonds. The number of rotatable bonds is 4. The SMILES string of the molecule is Nc1ccccc1P(c1ccccc1)c1ccc2ccccc2c1-c1cccc2ccccc12. The van der Waals surface area contributed by atoms with Crippen molar-refractivity contribution in [2.24, 2.45) is 0 Å². The van der Waals surface area contributed by atoms with Crippen LogP contribution in [0.5, 0.6) is 0 Å². The molecule has 0 spiro atoms. The molecule has 162 valence electrons. The molecule has 0 aromatic heterocycles. The summed E-state index contributed by atoms with van der Waals surface area (Å²) in [5.41, 5.74) is 10.0. The van der Waals surface area contributed by atoms with Crippen LogP contribution in [-0.4, -0.2) is 0 Å². The molecule has 1 unspecified atom stereocenters. The van der Waals surface area contributed by atoms with Crippen LogP contribution in [0.3, 0.4) is 0 Å². The fraction of sp³-hybridized carbons (Fsp3) is 0. The van der Waals surface area contributed by atoms with Crippen LogP contribution in [0.25, 0.3) is 32.7 Å². The predicted octanol–water partition coefficient (Wildman–Crippen LogP) is 7.00. The van der Waals surface area contributed by atoms with Gasteiger partial charge in [-0.1, -0.05) is 127 Å². The summed E-state index contributed by atoms with van der Waals surface area (Å²) in [6.07, 6.45) is 0. The smallest absolute Gasteiger partial charge is 0.0398 e. The molecule has 6 aromatic rings. The first-order valence-corrected chi connectivity index (χ1v) is 12.8. The van der Waals surface area contributed by atoms with Crippen molar-refractivity contribution in [3.8, 4) is 11.1 Å².